The van der Waals surface area contributed by atoms with Gasteiger partial charge in [-0.3, -0.25) is 5.10 Å². The predicted molar refractivity (Wildman–Crippen MR) is 98.2 cm³/mol. The number of H-pyrrole nitrogens is 1. The third-order valence-corrected chi connectivity index (χ3v) is 3.68. The Kier molecular flexibility index (Phi) is 6.81. The molecule has 0 aliphatic carbocycles. The van der Waals surface area contributed by atoms with Crippen LogP contribution in [0.15, 0.2) is 17.2 Å². The van der Waals surface area contributed by atoms with Gasteiger partial charge in [-0.15, -0.1) is 0 Å². The number of aryl methyl sites for hydroxylation is 1. The van der Waals surface area contributed by atoms with Gasteiger partial charge in [0.25, 0.3) is 0 Å². The van der Waals surface area contributed by atoms with Crippen molar-refractivity contribution >= 4 is 30.0 Å². The first-order valence-corrected chi connectivity index (χ1v) is 8.69. The number of halogens is 1. The van der Waals surface area contributed by atoms with Crippen molar-refractivity contribution in [2.75, 3.05) is 13.2 Å². The summed E-state index contributed by atoms with van der Waals surface area (Å²) >= 11 is 11.5. The number of hydrogen-bond acceptors (Lipinski definition) is 5. The Balaban J connectivity index is 2.36. The maximum atomic E-state index is 6.31. The molecule has 0 saturated carbocycles. The highest BCUT2D eigenvalue weighted by Crippen LogP contribution is 2.36. The summed E-state index contributed by atoms with van der Waals surface area (Å²) < 4.78 is 13.2. The zero-order valence-corrected chi connectivity index (χ0v) is 15.6. The molecule has 6 nitrogen and oxygen atoms in total. The molecule has 24 heavy (non-hydrogen) atoms. The molecule has 8 heteroatoms. The minimum absolute atomic E-state index is 0.455. The van der Waals surface area contributed by atoms with E-state index >= 15 is 0 Å². The first-order valence-electron chi connectivity index (χ1n) is 7.90. The molecule has 0 aliphatic rings. The van der Waals surface area contributed by atoms with Crippen LogP contribution in [0.3, 0.4) is 0 Å². The van der Waals surface area contributed by atoms with Crippen molar-refractivity contribution in [2.45, 2.75) is 33.6 Å². The molecule has 0 bridgehead atoms. The monoisotopic (exact) mass is 368 g/mol. The lowest BCUT2D eigenvalue weighted by Gasteiger charge is -2.13. The maximum Gasteiger partial charge on any atom is 0.216 e. The van der Waals surface area contributed by atoms with Crippen LogP contribution in [0, 0.1) is 4.77 Å². The van der Waals surface area contributed by atoms with Gasteiger partial charge in [0.2, 0.25) is 4.77 Å². The van der Waals surface area contributed by atoms with E-state index in [1.54, 1.807) is 17.0 Å². The summed E-state index contributed by atoms with van der Waals surface area (Å²) in [6.07, 6.45) is 3.42. The lowest BCUT2D eigenvalue weighted by atomic mass is 10.2. The zero-order valence-electron chi connectivity index (χ0n) is 14.0. The highest BCUT2D eigenvalue weighted by molar-refractivity contribution is 7.71. The van der Waals surface area contributed by atoms with E-state index in [4.69, 9.17) is 33.3 Å². The van der Waals surface area contributed by atoms with Crippen LogP contribution in [0.1, 0.15) is 38.6 Å². The average molecular weight is 369 g/mol. The summed E-state index contributed by atoms with van der Waals surface area (Å²) in [7, 11) is 0. The van der Waals surface area contributed by atoms with Crippen LogP contribution in [0.25, 0.3) is 0 Å². The van der Waals surface area contributed by atoms with Crippen LogP contribution in [0.4, 0.5) is 0 Å². The Morgan fingerprint density at radius 1 is 1.29 bits per heavy atom. The molecule has 1 aromatic carbocycles. The van der Waals surface area contributed by atoms with Crippen LogP contribution in [0.5, 0.6) is 11.5 Å². The second-order valence-electron chi connectivity index (χ2n) is 4.95. The number of nitrogens with zero attached hydrogens (tertiary/aromatic N) is 3. The Morgan fingerprint density at radius 2 is 2.04 bits per heavy atom. The molecule has 0 fully saturated rings. The average Bonchev–Trinajstić information content (AvgIpc) is 2.89. The molecule has 0 unspecified atom stereocenters. The quantitative estimate of drug-likeness (QED) is 0.559. The van der Waals surface area contributed by atoms with E-state index in [0.717, 1.165) is 24.2 Å². The second kappa shape index (κ2) is 8.84. The molecule has 0 amide bonds. The number of nitrogens with one attached hydrogen (secondary N) is 1. The molecule has 0 radical (unpaired) electrons. The Morgan fingerprint density at radius 3 is 2.71 bits per heavy atom. The fourth-order valence-corrected chi connectivity index (χ4v) is 2.63. The molecule has 0 saturated heterocycles. The standard InChI is InChI=1S/C16H21ClN4O2S/c1-4-7-14-19-20-16(24)21(14)18-10-11-8-12(17)15(23-6-3)13(9-11)22-5-2/h8-10H,4-7H2,1-3H3,(H,20,24)/b18-10-. The Hall–Kier alpha value is -1.86. The van der Waals surface area contributed by atoms with Crippen LogP contribution < -0.4 is 9.47 Å². The van der Waals surface area contributed by atoms with Crippen molar-refractivity contribution < 1.29 is 9.47 Å². The van der Waals surface area contributed by atoms with E-state index in [0.29, 0.717) is 34.5 Å². The SMILES string of the molecule is CCCc1n[nH]c(=S)n1/N=C\c1cc(Cl)c(OCC)c(OCC)c1. The molecule has 1 aromatic heterocycles. The van der Waals surface area contributed by atoms with E-state index in [2.05, 4.69) is 22.2 Å². The van der Waals surface area contributed by atoms with Gasteiger partial charge in [0.15, 0.2) is 17.3 Å². The largest absolute Gasteiger partial charge is 0.490 e. The molecular formula is C16H21ClN4O2S. The van der Waals surface area contributed by atoms with Gasteiger partial charge < -0.3 is 9.47 Å². The van der Waals surface area contributed by atoms with Crippen LogP contribution in [-0.4, -0.2) is 34.3 Å². The van der Waals surface area contributed by atoms with Gasteiger partial charge in [0, 0.05) is 6.42 Å². The lowest BCUT2D eigenvalue weighted by Crippen LogP contribution is -2.01. The molecule has 0 atom stereocenters. The van der Waals surface area contributed by atoms with Gasteiger partial charge in [-0.2, -0.15) is 14.9 Å². The van der Waals surface area contributed by atoms with E-state index in [1.807, 2.05) is 19.9 Å². The van der Waals surface area contributed by atoms with E-state index < -0.39 is 0 Å². The zero-order chi connectivity index (χ0) is 17.5. The smallest absolute Gasteiger partial charge is 0.216 e. The van der Waals surface area contributed by atoms with E-state index in [-0.39, 0.29) is 0 Å². The predicted octanol–water partition coefficient (Wildman–Crippen LogP) is 4.23. The third kappa shape index (κ3) is 4.36. The molecule has 130 valence electrons. The molecule has 2 rings (SSSR count). The topological polar surface area (TPSA) is 64.4 Å². The number of hydrogen-bond donors (Lipinski definition) is 1. The summed E-state index contributed by atoms with van der Waals surface area (Å²) in [5.74, 6) is 1.93. The van der Waals surface area contributed by atoms with E-state index in [1.165, 1.54) is 0 Å². The molecule has 1 heterocycles. The van der Waals surface area contributed by atoms with Crippen molar-refractivity contribution in [2.24, 2.45) is 5.10 Å². The van der Waals surface area contributed by atoms with Crippen molar-refractivity contribution in [3.63, 3.8) is 0 Å². The number of benzene rings is 1. The number of aromatic nitrogens is 3. The van der Waals surface area contributed by atoms with Crippen molar-refractivity contribution in [3.05, 3.63) is 33.3 Å². The first kappa shape index (κ1) is 18.5. The molecule has 1 N–H and O–H groups in total. The normalized spacial score (nSPS) is 11.2. The Labute approximate surface area is 151 Å². The molecular weight excluding hydrogens is 348 g/mol. The van der Waals surface area contributed by atoms with Crippen molar-refractivity contribution in [1.82, 2.24) is 14.9 Å². The van der Waals surface area contributed by atoms with Gasteiger partial charge in [-0.25, -0.2) is 0 Å². The fourth-order valence-electron chi connectivity index (χ4n) is 2.16. The number of ether oxygens (including phenoxy) is 2. The Bertz CT molecular complexity index is 770. The van der Waals surface area contributed by atoms with Gasteiger partial charge in [0.1, 0.15) is 0 Å². The number of aromatic amines is 1. The summed E-state index contributed by atoms with van der Waals surface area (Å²) in [6.45, 7) is 6.91. The van der Waals surface area contributed by atoms with Gasteiger partial charge in [0.05, 0.1) is 24.5 Å². The van der Waals surface area contributed by atoms with Crippen LogP contribution >= 0.6 is 23.8 Å². The van der Waals surface area contributed by atoms with Crippen molar-refractivity contribution in [3.8, 4) is 11.5 Å². The highest BCUT2D eigenvalue weighted by atomic mass is 35.5. The summed E-state index contributed by atoms with van der Waals surface area (Å²) in [5.41, 5.74) is 0.789. The van der Waals surface area contributed by atoms with Crippen LogP contribution in [-0.2, 0) is 6.42 Å². The van der Waals surface area contributed by atoms with Gasteiger partial charge >= 0.3 is 0 Å². The molecule has 0 aliphatic heterocycles. The highest BCUT2D eigenvalue weighted by Gasteiger charge is 2.12. The van der Waals surface area contributed by atoms with E-state index in [9.17, 15) is 0 Å². The van der Waals surface area contributed by atoms with Crippen molar-refractivity contribution in [1.29, 1.82) is 0 Å². The maximum absolute atomic E-state index is 6.31. The summed E-state index contributed by atoms with van der Waals surface area (Å²) in [4.78, 5) is 0. The number of rotatable bonds is 8. The molecule has 2 aromatic rings. The van der Waals surface area contributed by atoms with Gasteiger partial charge in [-0.1, -0.05) is 18.5 Å². The minimum atomic E-state index is 0.455. The van der Waals surface area contributed by atoms with Crippen LogP contribution in [0.2, 0.25) is 5.02 Å². The lowest BCUT2D eigenvalue weighted by molar-refractivity contribution is 0.288. The summed E-state index contributed by atoms with van der Waals surface area (Å²) in [5, 5.41) is 11.8. The van der Waals surface area contributed by atoms with Gasteiger partial charge in [-0.05, 0) is 50.2 Å². The fraction of sp³-hybridized carbons (Fsp3) is 0.438. The molecule has 0 spiro atoms. The minimum Gasteiger partial charge on any atom is -0.490 e. The second-order valence-corrected chi connectivity index (χ2v) is 5.74. The summed E-state index contributed by atoms with van der Waals surface area (Å²) in [6, 6.07) is 3.62. The first-order chi connectivity index (χ1) is 11.6. The third-order valence-electron chi connectivity index (χ3n) is 3.13.